The summed E-state index contributed by atoms with van der Waals surface area (Å²) in [6.07, 6.45) is 3.91. The molecule has 0 unspecified atom stereocenters. The zero-order chi connectivity index (χ0) is 14.6. The molecule has 3 atom stereocenters. The quantitative estimate of drug-likeness (QED) is 0.765. The van der Waals surface area contributed by atoms with Crippen molar-refractivity contribution in [3.8, 4) is 0 Å². The van der Waals surface area contributed by atoms with Crippen molar-refractivity contribution in [2.75, 3.05) is 6.54 Å². The van der Waals surface area contributed by atoms with E-state index >= 15 is 0 Å². The number of Topliss-reactive ketones (excluding diaryl/α,β-unsaturated/α-hetero) is 1. The van der Waals surface area contributed by atoms with Gasteiger partial charge in [-0.05, 0) is 48.9 Å². The highest BCUT2D eigenvalue weighted by Crippen LogP contribution is 2.53. The normalized spacial score (nSPS) is 34.4. The lowest BCUT2D eigenvalue weighted by Gasteiger charge is -2.55. The van der Waals surface area contributed by atoms with Crippen molar-refractivity contribution >= 4 is 16.5 Å². The number of rotatable bonds is 1. The molecule has 1 aromatic rings. The van der Waals surface area contributed by atoms with Crippen LogP contribution in [0.3, 0.4) is 0 Å². The van der Waals surface area contributed by atoms with Crippen LogP contribution in [0.15, 0.2) is 23.1 Å². The predicted molar refractivity (Wildman–Crippen MR) is 79.2 cm³/mol. The maximum absolute atomic E-state index is 12.1. The van der Waals surface area contributed by atoms with Crippen LogP contribution in [0.25, 0.3) is 0 Å². The number of carbonyl (C=O) groups is 1. The topological polar surface area (TPSA) is 63.2 Å². The molecule has 112 valence electrons. The maximum Gasteiger partial charge on any atom is 0.168 e. The SMILES string of the molecule is O=C1CC[C@H]2[C@H]3Cc4c([SH](=O)=O)cccc4[C@@]2(CCN3)C1. The molecule has 2 aliphatic carbocycles. The third kappa shape index (κ3) is 1.83. The summed E-state index contributed by atoms with van der Waals surface area (Å²) in [5, 5.41) is 3.56. The van der Waals surface area contributed by atoms with Gasteiger partial charge in [0.1, 0.15) is 5.78 Å². The Morgan fingerprint density at radius 3 is 2.95 bits per heavy atom. The lowest BCUT2D eigenvalue weighted by molar-refractivity contribution is -0.125. The first-order chi connectivity index (χ1) is 10.1. The van der Waals surface area contributed by atoms with Gasteiger partial charge in [-0.15, -0.1) is 0 Å². The van der Waals surface area contributed by atoms with E-state index in [1.165, 1.54) is 0 Å². The third-order valence-corrected chi connectivity index (χ3v) is 6.54. The van der Waals surface area contributed by atoms with Gasteiger partial charge in [0.15, 0.2) is 10.7 Å². The van der Waals surface area contributed by atoms with Gasteiger partial charge in [-0.25, -0.2) is 8.42 Å². The standard InChI is InChI=1S/C16H19NO3S/c18-10-4-5-13-14-8-11-12(2-1-3-15(11)21(19)20)16(13,9-10)6-7-17-14/h1-3,13-14,17,21H,4-9H2/t13-,14+,16+/m0/s1. The number of ketones is 1. The molecule has 0 amide bonds. The predicted octanol–water partition coefficient (Wildman–Crippen LogP) is 1.18. The summed E-state index contributed by atoms with van der Waals surface area (Å²) in [6.45, 7) is 0.918. The van der Waals surface area contributed by atoms with Crippen molar-refractivity contribution in [3.05, 3.63) is 29.3 Å². The lowest BCUT2D eigenvalue weighted by Crippen LogP contribution is -2.60. The highest BCUT2D eigenvalue weighted by molar-refractivity contribution is 7.72. The molecule has 1 aliphatic heterocycles. The van der Waals surface area contributed by atoms with Crippen LogP contribution < -0.4 is 5.32 Å². The maximum atomic E-state index is 12.1. The Hall–Kier alpha value is -1.20. The summed E-state index contributed by atoms with van der Waals surface area (Å²) in [4.78, 5) is 12.6. The van der Waals surface area contributed by atoms with Gasteiger partial charge in [0.05, 0.1) is 4.90 Å². The van der Waals surface area contributed by atoms with Crippen molar-refractivity contribution in [1.29, 1.82) is 0 Å². The van der Waals surface area contributed by atoms with Gasteiger partial charge in [0, 0.05) is 24.3 Å². The van der Waals surface area contributed by atoms with E-state index in [9.17, 15) is 13.2 Å². The smallest absolute Gasteiger partial charge is 0.168 e. The summed E-state index contributed by atoms with van der Waals surface area (Å²) < 4.78 is 23.1. The van der Waals surface area contributed by atoms with E-state index in [4.69, 9.17) is 0 Å². The number of fused-ring (bicyclic) bond motifs is 1. The number of thiol groups is 1. The minimum atomic E-state index is -2.58. The number of carbonyl (C=O) groups excluding carboxylic acids is 1. The van der Waals surface area contributed by atoms with Crippen LogP contribution >= 0.6 is 0 Å². The summed E-state index contributed by atoms with van der Waals surface area (Å²) in [5.41, 5.74) is 1.96. The van der Waals surface area contributed by atoms with Gasteiger partial charge < -0.3 is 5.32 Å². The largest absolute Gasteiger partial charge is 0.313 e. The number of benzene rings is 1. The molecule has 5 heteroatoms. The van der Waals surface area contributed by atoms with Crippen molar-refractivity contribution < 1.29 is 13.2 Å². The van der Waals surface area contributed by atoms with Crippen molar-refractivity contribution in [1.82, 2.24) is 5.32 Å². The number of hydrogen-bond acceptors (Lipinski definition) is 4. The average Bonchev–Trinajstić information content (AvgIpc) is 2.45. The van der Waals surface area contributed by atoms with Crippen LogP contribution in [0.4, 0.5) is 0 Å². The van der Waals surface area contributed by atoms with E-state index in [1.54, 1.807) is 6.07 Å². The van der Waals surface area contributed by atoms with Crippen LogP contribution in [-0.2, 0) is 27.3 Å². The Morgan fingerprint density at radius 1 is 1.29 bits per heavy atom. The number of nitrogens with one attached hydrogen (secondary N) is 1. The fourth-order valence-electron chi connectivity index (χ4n) is 4.94. The molecule has 1 saturated heterocycles. The van der Waals surface area contributed by atoms with Crippen LogP contribution in [0.5, 0.6) is 0 Å². The molecular formula is C16H19NO3S. The first-order valence-electron chi connectivity index (χ1n) is 7.64. The molecule has 0 aromatic heterocycles. The highest BCUT2D eigenvalue weighted by atomic mass is 32.2. The van der Waals surface area contributed by atoms with Crippen LogP contribution in [0.2, 0.25) is 0 Å². The second-order valence-corrected chi connectivity index (χ2v) is 7.59. The van der Waals surface area contributed by atoms with E-state index in [-0.39, 0.29) is 5.41 Å². The minimum absolute atomic E-state index is 0.125. The number of hydrogen-bond donors (Lipinski definition) is 2. The molecule has 2 bridgehead atoms. The van der Waals surface area contributed by atoms with Crippen LogP contribution in [0.1, 0.15) is 36.8 Å². The van der Waals surface area contributed by atoms with Gasteiger partial charge in [-0.2, -0.15) is 0 Å². The number of piperidine rings is 1. The molecule has 0 spiro atoms. The molecule has 0 radical (unpaired) electrons. The monoisotopic (exact) mass is 305 g/mol. The van der Waals surface area contributed by atoms with Gasteiger partial charge in [0.25, 0.3) is 0 Å². The van der Waals surface area contributed by atoms with E-state index in [0.717, 1.165) is 36.9 Å². The van der Waals surface area contributed by atoms with Crippen molar-refractivity contribution in [2.24, 2.45) is 5.92 Å². The molecule has 1 saturated carbocycles. The lowest BCUT2D eigenvalue weighted by atomic mass is 9.52. The Kier molecular flexibility index (Phi) is 2.98. The van der Waals surface area contributed by atoms with Crippen LogP contribution in [-0.4, -0.2) is 26.8 Å². The fourth-order valence-corrected chi connectivity index (χ4v) is 5.58. The summed E-state index contributed by atoms with van der Waals surface area (Å²) >= 11 is 0. The Balaban J connectivity index is 1.96. The Morgan fingerprint density at radius 2 is 2.14 bits per heavy atom. The van der Waals surface area contributed by atoms with Gasteiger partial charge in [0.2, 0.25) is 0 Å². The van der Waals surface area contributed by atoms with Crippen molar-refractivity contribution in [2.45, 2.75) is 48.5 Å². The zero-order valence-electron chi connectivity index (χ0n) is 11.8. The Bertz CT molecular complexity index is 689. The minimum Gasteiger partial charge on any atom is -0.313 e. The van der Waals surface area contributed by atoms with Gasteiger partial charge >= 0.3 is 0 Å². The molecule has 1 aromatic carbocycles. The molecule has 3 aliphatic rings. The van der Waals surface area contributed by atoms with Gasteiger partial charge in [-0.3, -0.25) is 4.79 Å². The summed E-state index contributed by atoms with van der Waals surface area (Å²) in [6, 6.07) is 5.91. The summed E-state index contributed by atoms with van der Waals surface area (Å²) in [7, 11) is -2.58. The van der Waals surface area contributed by atoms with Crippen molar-refractivity contribution in [3.63, 3.8) is 0 Å². The molecule has 1 N–H and O–H groups in total. The Labute approximate surface area is 125 Å². The van der Waals surface area contributed by atoms with E-state index in [0.29, 0.717) is 35.5 Å². The molecule has 2 fully saturated rings. The van der Waals surface area contributed by atoms with Crippen LogP contribution in [0, 0.1) is 5.92 Å². The van der Waals surface area contributed by atoms with E-state index in [1.807, 2.05) is 6.07 Å². The molecular weight excluding hydrogens is 286 g/mol. The highest BCUT2D eigenvalue weighted by Gasteiger charge is 2.53. The second-order valence-electron chi connectivity index (χ2n) is 6.59. The third-order valence-electron chi connectivity index (χ3n) is 5.73. The van der Waals surface area contributed by atoms with E-state index in [2.05, 4.69) is 11.4 Å². The summed E-state index contributed by atoms with van der Waals surface area (Å²) in [5.74, 6) is 0.799. The van der Waals surface area contributed by atoms with Gasteiger partial charge in [-0.1, -0.05) is 12.1 Å². The molecule has 21 heavy (non-hydrogen) atoms. The molecule has 4 nitrogen and oxygen atoms in total. The van der Waals surface area contributed by atoms with E-state index < -0.39 is 10.7 Å². The second kappa shape index (κ2) is 4.65. The molecule has 4 rings (SSSR count). The first kappa shape index (κ1) is 13.5. The fraction of sp³-hybridized carbons (Fsp3) is 0.562. The first-order valence-corrected chi connectivity index (χ1v) is 8.81. The zero-order valence-corrected chi connectivity index (χ0v) is 12.7. The molecule has 1 heterocycles. The average molecular weight is 305 g/mol.